The third-order valence-corrected chi connectivity index (χ3v) is 14.7. The fraction of sp³-hybridized carbons (Fsp3) is 0.838. The van der Waals surface area contributed by atoms with Crippen LogP contribution in [0.25, 0.3) is 0 Å². The lowest BCUT2D eigenvalue weighted by Gasteiger charge is -2.60. The molecule has 11 heteroatoms. The smallest absolute Gasteiger partial charge is 0.390 e. The molecule has 10 nitrogen and oxygen atoms in total. The van der Waals surface area contributed by atoms with Gasteiger partial charge in [-0.05, 0) is 97.2 Å². The molecule has 8 unspecified atom stereocenters. The Balaban J connectivity index is 1.06. The summed E-state index contributed by atoms with van der Waals surface area (Å²) in [4.78, 5) is 36.4. The standard InChI is InChI=1S/C37H59N2O8P/c1-22(2)8-7-9-23(3)27-10-11-28-34-24(4)18-25-19-26(12-15-36(25,5)29(34)13-16-37(27,28)6)47-48(43,44)45-21-31-30(40)20-33(46-31)39-17-14-32(41)38-35(39)42/h14,17-18,22-24,26-31,33-34,40H,7-13,15-16,19-21H2,1-6H3,(H,43,44)(H,38,41,42)/t23-,24?,26+,27-,28?,29?,30?,31?,33?,34?,36+,37-/m1/s1. The van der Waals surface area contributed by atoms with Gasteiger partial charge in [0.25, 0.3) is 5.56 Å². The highest BCUT2D eigenvalue weighted by Crippen LogP contribution is 2.68. The SMILES string of the molecule is CC(C)CCC[C@@H](C)[C@H]1CCC2C3C(C)C=C4C[C@@H](OP(=O)(O)OCC5OC(n6ccc(=O)[nH]c6=O)CC5O)CC[C@]4(C)C3CC[C@@]21C. The van der Waals surface area contributed by atoms with Crippen LogP contribution in [0.5, 0.6) is 0 Å². The van der Waals surface area contributed by atoms with E-state index in [-0.39, 0.29) is 18.4 Å². The van der Waals surface area contributed by atoms with Crippen molar-refractivity contribution in [1.29, 1.82) is 0 Å². The molecule has 0 bridgehead atoms. The van der Waals surface area contributed by atoms with Gasteiger partial charge < -0.3 is 14.7 Å². The number of allylic oxidation sites excluding steroid dienone is 1. The van der Waals surface area contributed by atoms with Crippen LogP contribution in [-0.4, -0.2) is 44.5 Å². The lowest BCUT2D eigenvalue weighted by molar-refractivity contribution is -0.0742. The molecule has 0 radical (unpaired) electrons. The molecule has 0 spiro atoms. The Hall–Kier alpha value is -1.55. The summed E-state index contributed by atoms with van der Waals surface area (Å²) in [6.45, 7) is 14.3. The first-order chi connectivity index (χ1) is 22.6. The molecule has 0 amide bonds. The summed E-state index contributed by atoms with van der Waals surface area (Å²) in [5.74, 6) is 4.92. The van der Waals surface area contributed by atoms with Crippen LogP contribution in [0.15, 0.2) is 33.5 Å². The molecular formula is C37H59N2O8P. The number of aromatic amines is 1. The van der Waals surface area contributed by atoms with Gasteiger partial charge in [-0.1, -0.05) is 72.5 Å². The van der Waals surface area contributed by atoms with E-state index in [1.165, 1.54) is 67.3 Å². The normalized spacial score (nSPS) is 41.3. The fourth-order valence-corrected chi connectivity index (χ4v) is 12.1. The number of phosphoric ester groups is 1. The van der Waals surface area contributed by atoms with E-state index in [0.717, 1.165) is 30.1 Å². The zero-order valence-electron chi connectivity index (χ0n) is 29.8. The van der Waals surface area contributed by atoms with Crippen molar-refractivity contribution in [2.45, 2.75) is 137 Å². The largest absolute Gasteiger partial charge is 0.472 e. The van der Waals surface area contributed by atoms with E-state index in [2.05, 4.69) is 52.6 Å². The first kappa shape index (κ1) is 36.2. The summed E-state index contributed by atoms with van der Waals surface area (Å²) < 4.78 is 31.2. The van der Waals surface area contributed by atoms with Crippen LogP contribution >= 0.6 is 7.82 Å². The van der Waals surface area contributed by atoms with E-state index in [1.54, 1.807) is 0 Å². The number of aromatic nitrogens is 2. The highest BCUT2D eigenvalue weighted by molar-refractivity contribution is 7.47. The van der Waals surface area contributed by atoms with Gasteiger partial charge in [0.1, 0.15) is 12.3 Å². The van der Waals surface area contributed by atoms with Crippen molar-refractivity contribution in [3.8, 4) is 0 Å². The molecule has 1 aromatic rings. The third kappa shape index (κ3) is 7.01. The Morgan fingerprint density at radius 1 is 1.10 bits per heavy atom. The summed E-state index contributed by atoms with van der Waals surface area (Å²) in [7, 11) is -4.45. The maximum Gasteiger partial charge on any atom is 0.472 e. The van der Waals surface area contributed by atoms with Crippen LogP contribution in [0, 0.1) is 52.3 Å². The maximum absolute atomic E-state index is 13.1. The van der Waals surface area contributed by atoms with Crippen molar-refractivity contribution < 1.29 is 28.3 Å². The van der Waals surface area contributed by atoms with Gasteiger partial charge in [0.2, 0.25) is 0 Å². The number of hydrogen-bond acceptors (Lipinski definition) is 7. The monoisotopic (exact) mass is 690 g/mol. The van der Waals surface area contributed by atoms with Gasteiger partial charge in [-0.3, -0.25) is 23.4 Å². The number of H-pyrrole nitrogens is 1. The average Bonchev–Trinajstić information content (AvgIpc) is 3.55. The van der Waals surface area contributed by atoms with E-state index in [9.17, 15) is 24.2 Å². The topological polar surface area (TPSA) is 140 Å². The van der Waals surface area contributed by atoms with E-state index < -0.39 is 43.6 Å². The molecule has 6 rings (SSSR count). The minimum atomic E-state index is -4.45. The Kier molecular flexibility index (Phi) is 10.5. The molecule has 13 atom stereocenters. The predicted octanol–water partition coefficient (Wildman–Crippen LogP) is 6.97. The Bertz CT molecular complexity index is 1510. The first-order valence-corrected chi connectivity index (χ1v) is 20.1. The minimum Gasteiger partial charge on any atom is -0.390 e. The maximum atomic E-state index is 13.1. The summed E-state index contributed by atoms with van der Waals surface area (Å²) >= 11 is 0. The molecule has 270 valence electrons. The summed E-state index contributed by atoms with van der Waals surface area (Å²) in [6.07, 6.45) is 12.2. The molecule has 4 fully saturated rings. The van der Waals surface area contributed by atoms with Crippen LogP contribution < -0.4 is 11.2 Å². The molecular weight excluding hydrogens is 631 g/mol. The van der Waals surface area contributed by atoms with E-state index in [1.807, 2.05) is 0 Å². The van der Waals surface area contributed by atoms with Crippen LogP contribution in [0.2, 0.25) is 0 Å². The second-order valence-corrected chi connectivity index (χ2v) is 18.4. The lowest BCUT2D eigenvalue weighted by atomic mass is 9.45. The average molecular weight is 691 g/mol. The molecule has 3 N–H and O–H groups in total. The summed E-state index contributed by atoms with van der Waals surface area (Å²) in [5, 5.41) is 10.5. The van der Waals surface area contributed by atoms with E-state index >= 15 is 0 Å². The van der Waals surface area contributed by atoms with Crippen molar-refractivity contribution in [3.63, 3.8) is 0 Å². The second kappa shape index (κ2) is 13.9. The number of nitrogens with one attached hydrogen (secondary N) is 1. The molecule has 2 heterocycles. The zero-order valence-corrected chi connectivity index (χ0v) is 30.7. The van der Waals surface area contributed by atoms with Gasteiger partial charge in [-0.2, -0.15) is 0 Å². The molecule has 1 aromatic heterocycles. The zero-order chi connectivity index (χ0) is 34.6. The quantitative estimate of drug-likeness (QED) is 0.167. The van der Waals surface area contributed by atoms with Gasteiger partial charge >= 0.3 is 13.5 Å². The van der Waals surface area contributed by atoms with Gasteiger partial charge in [0, 0.05) is 18.7 Å². The molecule has 5 aliphatic rings. The number of aliphatic hydroxyl groups excluding tert-OH is 1. The number of nitrogens with zero attached hydrogens (tertiary/aromatic N) is 1. The Morgan fingerprint density at radius 2 is 1.88 bits per heavy atom. The van der Waals surface area contributed by atoms with Crippen LogP contribution in [0.1, 0.15) is 118 Å². The van der Waals surface area contributed by atoms with Gasteiger partial charge in [-0.25, -0.2) is 9.36 Å². The molecule has 1 aliphatic heterocycles. The summed E-state index contributed by atoms with van der Waals surface area (Å²) in [5.41, 5.74) is 0.682. The van der Waals surface area contributed by atoms with E-state index in [0.29, 0.717) is 36.0 Å². The van der Waals surface area contributed by atoms with Crippen LogP contribution in [-0.2, 0) is 18.3 Å². The molecule has 0 aromatic carbocycles. The van der Waals surface area contributed by atoms with Crippen molar-refractivity contribution in [3.05, 3.63) is 44.8 Å². The second-order valence-electron chi connectivity index (χ2n) is 17.0. The predicted molar refractivity (Wildman–Crippen MR) is 184 cm³/mol. The number of fused-ring (bicyclic) bond motifs is 5. The summed E-state index contributed by atoms with van der Waals surface area (Å²) in [6, 6.07) is 1.20. The fourth-order valence-electron chi connectivity index (χ4n) is 11.2. The molecule has 48 heavy (non-hydrogen) atoms. The van der Waals surface area contributed by atoms with Crippen molar-refractivity contribution >= 4 is 7.82 Å². The Morgan fingerprint density at radius 3 is 2.60 bits per heavy atom. The molecule has 1 saturated heterocycles. The highest BCUT2D eigenvalue weighted by Gasteiger charge is 2.60. The van der Waals surface area contributed by atoms with Crippen molar-refractivity contribution in [2.24, 2.45) is 52.3 Å². The number of rotatable bonds is 11. The highest BCUT2D eigenvalue weighted by atomic mass is 31.2. The van der Waals surface area contributed by atoms with Gasteiger partial charge in [0.15, 0.2) is 0 Å². The molecule has 3 saturated carbocycles. The third-order valence-electron chi connectivity index (χ3n) is 13.6. The van der Waals surface area contributed by atoms with Crippen molar-refractivity contribution in [2.75, 3.05) is 6.61 Å². The lowest BCUT2D eigenvalue weighted by Crippen LogP contribution is -2.53. The van der Waals surface area contributed by atoms with Gasteiger partial charge in [-0.15, -0.1) is 0 Å². The number of aliphatic hydroxyl groups is 1. The van der Waals surface area contributed by atoms with Crippen molar-refractivity contribution in [1.82, 2.24) is 9.55 Å². The number of hydrogen-bond donors (Lipinski definition) is 3. The van der Waals surface area contributed by atoms with Gasteiger partial charge in [0.05, 0.1) is 18.8 Å². The Labute approximate surface area is 285 Å². The number of ether oxygens (including phenoxy) is 1. The van der Waals surface area contributed by atoms with Crippen LogP contribution in [0.4, 0.5) is 0 Å². The molecule has 4 aliphatic carbocycles. The number of phosphoric acid groups is 1. The first-order valence-electron chi connectivity index (χ1n) is 18.6. The van der Waals surface area contributed by atoms with Crippen LogP contribution in [0.3, 0.4) is 0 Å². The minimum absolute atomic E-state index is 0.0737. The van der Waals surface area contributed by atoms with E-state index in [4.69, 9.17) is 13.8 Å².